The van der Waals surface area contributed by atoms with E-state index in [0.29, 0.717) is 28.5 Å². The summed E-state index contributed by atoms with van der Waals surface area (Å²) in [5, 5.41) is 26.0. The Balaban J connectivity index is 1.31. The van der Waals surface area contributed by atoms with Crippen molar-refractivity contribution >= 4 is 64.8 Å². The molecule has 0 saturated carbocycles. The lowest BCUT2D eigenvalue weighted by molar-refractivity contribution is -0.153. The molecule has 3 aliphatic rings. The molecular weight excluding hydrogens is 616 g/mol. The van der Waals surface area contributed by atoms with E-state index in [1.807, 2.05) is 0 Å². The summed E-state index contributed by atoms with van der Waals surface area (Å²) in [6.07, 6.45) is 0. The van der Waals surface area contributed by atoms with Gasteiger partial charge in [0.05, 0.1) is 0 Å². The van der Waals surface area contributed by atoms with Crippen LogP contribution in [-0.2, 0) is 31.0 Å². The molecule has 0 unspecified atom stereocenters. The number of aryl methyl sites for hydroxylation is 1. The zero-order valence-electron chi connectivity index (χ0n) is 23.5. The highest BCUT2D eigenvalue weighted by Crippen LogP contribution is 2.41. The number of benzene rings is 1. The van der Waals surface area contributed by atoms with Gasteiger partial charge in [-0.1, -0.05) is 23.9 Å². The number of fused-ring (bicyclic) bond motifs is 1. The highest BCUT2D eigenvalue weighted by molar-refractivity contribution is 8.01. The summed E-state index contributed by atoms with van der Waals surface area (Å²) in [6.45, 7) is 2.10. The molecular formula is C25H28N10O7S2. The number of anilines is 1. The number of hydrogen-bond acceptors (Lipinski definition) is 12. The molecule has 2 fully saturated rings. The number of nitrogens with zero attached hydrogens (tertiary/aromatic N) is 7. The number of piperazine rings is 1. The summed E-state index contributed by atoms with van der Waals surface area (Å²) < 4.78 is 1.44. The van der Waals surface area contributed by atoms with Crippen molar-refractivity contribution in [2.24, 2.45) is 7.05 Å². The van der Waals surface area contributed by atoms with Crippen molar-refractivity contribution in [1.82, 2.24) is 45.5 Å². The minimum Gasteiger partial charge on any atom is -0.477 e. The molecule has 19 heteroatoms. The second-order valence-corrected chi connectivity index (χ2v) is 12.0. The van der Waals surface area contributed by atoms with E-state index in [1.165, 1.54) is 57.4 Å². The van der Waals surface area contributed by atoms with Crippen LogP contribution in [0.3, 0.4) is 0 Å². The Hall–Kier alpha value is -4.65. The predicted octanol–water partition coefficient (Wildman–Crippen LogP) is -1.24. The van der Waals surface area contributed by atoms with Crippen LogP contribution in [0.25, 0.3) is 0 Å². The molecule has 2 saturated heterocycles. The zero-order chi connectivity index (χ0) is 31.7. The summed E-state index contributed by atoms with van der Waals surface area (Å²) in [7, 11) is 1.65. The molecule has 0 radical (unpaired) electrons. The standard InChI is InChI=1S/C25H28N10O7S2/c1-3-33-8-9-34(21(39)20(33)38)24(42)28-15(12-4-6-14(26)7-5-12)18(36)27-16-19(37)35-17(23(40)41)13(10-43-22(16)35)11-44-25-29-30-31-32(25)2/h4-7,15-16,22H,3,8-11,26H2,1-2H3,(H,27,36)(H,28,42)(H,40,41)/t15-,16-,22-/m1/s1. The number of likely N-dealkylation sites (N-methyl/N-ethyl adjacent to an activating group) is 1. The second kappa shape index (κ2) is 12.5. The monoisotopic (exact) mass is 644 g/mol. The fourth-order valence-corrected chi connectivity index (χ4v) is 7.22. The molecule has 1 aromatic carbocycles. The fourth-order valence-electron chi connectivity index (χ4n) is 4.89. The van der Waals surface area contributed by atoms with E-state index in [9.17, 15) is 33.9 Å². The number of β-lactam (4-membered cyclic amide) rings is 1. The van der Waals surface area contributed by atoms with E-state index in [2.05, 4.69) is 26.2 Å². The van der Waals surface area contributed by atoms with Crippen molar-refractivity contribution in [2.75, 3.05) is 36.9 Å². The van der Waals surface area contributed by atoms with Gasteiger partial charge < -0.3 is 26.4 Å². The Morgan fingerprint density at radius 2 is 1.89 bits per heavy atom. The lowest BCUT2D eigenvalue weighted by atomic mass is 10.0. The van der Waals surface area contributed by atoms with Crippen molar-refractivity contribution < 1.29 is 33.9 Å². The number of nitrogen functional groups attached to an aromatic ring is 1. The number of nitrogens with two attached hydrogens (primary N) is 1. The third kappa shape index (κ3) is 5.79. The lowest BCUT2D eigenvalue weighted by Gasteiger charge is -2.49. The first-order chi connectivity index (χ1) is 21.0. The average molecular weight is 645 g/mol. The van der Waals surface area contributed by atoms with Crippen LogP contribution >= 0.6 is 23.5 Å². The van der Waals surface area contributed by atoms with Crippen LogP contribution in [0.4, 0.5) is 10.5 Å². The maximum Gasteiger partial charge on any atom is 0.352 e. The van der Waals surface area contributed by atoms with Crippen molar-refractivity contribution in [1.29, 1.82) is 0 Å². The normalized spacial score (nSPS) is 20.7. The number of rotatable bonds is 9. The molecule has 0 aliphatic carbocycles. The van der Waals surface area contributed by atoms with Gasteiger partial charge in [-0.2, -0.15) is 0 Å². The SMILES string of the molecule is CCN1CCN(C(=O)N[C@@H](C(=O)N[C@@H]2C(=O)N3C(C(=O)O)=C(CSc4nnnn4C)CS[C@H]23)c2ccc(N)cc2)C(=O)C1=O. The summed E-state index contributed by atoms with van der Waals surface area (Å²) in [5.74, 6) is -4.03. The number of urea groups is 1. The molecule has 17 nitrogen and oxygen atoms in total. The first kappa shape index (κ1) is 30.8. The van der Waals surface area contributed by atoms with E-state index in [1.54, 1.807) is 14.0 Å². The number of hydrogen-bond donors (Lipinski definition) is 4. The zero-order valence-corrected chi connectivity index (χ0v) is 25.1. The first-order valence-corrected chi connectivity index (χ1v) is 15.4. The van der Waals surface area contributed by atoms with Crippen LogP contribution in [0.1, 0.15) is 18.5 Å². The third-order valence-corrected chi connectivity index (χ3v) is 9.68. The Bertz CT molecular complexity index is 1560. The van der Waals surface area contributed by atoms with Crippen molar-refractivity contribution in [2.45, 2.75) is 29.5 Å². The number of carbonyl (C=O) groups excluding carboxylic acids is 5. The van der Waals surface area contributed by atoms with Gasteiger partial charge in [-0.05, 0) is 40.6 Å². The van der Waals surface area contributed by atoms with E-state index in [4.69, 9.17) is 5.73 Å². The molecule has 0 spiro atoms. The molecule has 1 aromatic heterocycles. The Morgan fingerprint density at radius 1 is 1.16 bits per heavy atom. The molecule has 0 bridgehead atoms. The minimum absolute atomic E-state index is 0.0623. The second-order valence-electron chi connectivity index (χ2n) is 9.92. The number of thioether (sulfide) groups is 2. The molecule has 3 aliphatic heterocycles. The van der Waals surface area contributed by atoms with Crippen LogP contribution in [0, 0.1) is 0 Å². The predicted molar refractivity (Wildman–Crippen MR) is 155 cm³/mol. The topological polar surface area (TPSA) is 226 Å². The van der Waals surface area contributed by atoms with Crippen molar-refractivity contribution in [3.63, 3.8) is 0 Å². The third-order valence-electron chi connectivity index (χ3n) is 7.24. The number of aromatic nitrogens is 4. The van der Waals surface area contributed by atoms with Gasteiger partial charge in [-0.25, -0.2) is 14.3 Å². The largest absolute Gasteiger partial charge is 0.477 e. The van der Waals surface area contributed by atoms with Crippen LogP contribution in [0.15, 0.2) is 40.7 Å². The Kier molecular flexibility index (Phi) is 8.77. The van der Waals surface area contributed by atoms with Crippen molar-refractivity contribution in [3.05, 3.63) is 41.1 Å². The molecule has 6 amide bonds. The van der Waals surface area contributed by atoms with Gasteiger partial charge in [0, 0.05) is 43.9 Å². The summed E-state index contributed by atoms with van der Waals surface area (Å²) in [5.41, 5.74) is 6.83. The van der Waals surface area contributed by atoms with Crippen LogP contribution in [0.5, 0.6) is 0 Å². The lowest BCUT2D eigenvalue weighted by Crippen LogP contribution is -2.71. The molecule has 232 valence electrons. The van der Waals surface area contributed by atoms with Gasteiger partial charge in [0.2, 0.25) is 11.1 Å². The van der Waals surface area contributed by atoms with Crippen molar-refractivity contribution in [3.8, 4) is 0 Å². The van der Waals surface area contributed by atoms with Gasteiger partial charge in [-0.15, -0.1) is 16.9 Å². The number of carbonyl (C=O) groups is 6. The molecule has 5 N–H and O–H groups in total. The summed E-state index contributed by atoms with van der Waals surface area (Å²) in [4.78, 5) is 80.3. The van der Waals surface area contributed by atoms with E-state index in [-0.39, 0.29) is 30.3 Å². The molecule has 44 heavy (non-hydrogen) atoms. The molecule has 3 atom stereocenters. The number of carboxylic acids is 1. The van der Waals surface area contributed by atoms with Crippen LogP contribution < -0.4 is 16.4 Å². The number of imide groups is 1. The molecule has 4 heterocycles. The van der Waals surface area contributed by atoms with Gasteiger partial charge in [0.15, 0.2) is 0 Å². The maximum absolute atomic E-state index is 13.6. The minimum atomic E-state index is -1.37. The fraction of sp³-hybridized carbons (Fsp3) is 0.400. The highest BCUT2D eigenvalue weighted by Gasteiger charge is 2.54. The summed E-state index contributed by atoms with van der Waals surface area (Å²) in [6, 6.07) is 2.65. The number of aliphatic carboxylic acids is 1. The number of amides is 6. The van der Waals surface area contributed by atoms with Crippen LogP contribution in [-0.4, -0.2) is 118 Å². The van der Waals surface area contributed by atoms with E-state index < -0.39 is 53.1 Å². The highest BCUT2D eigenvalue weighted by atomic mass is 32.2. The number of carboxylic acid groups (broad SMARTS) is 1. The smallest absolute Gasteiger partial charge is 0.352 e. The van der Waals surface area contributed by atoms with Gasteiger partial charge in [-0.3, -0.25) is 29.0 Å². The van der Waals surface area contributed by atoms with Crippen LogP contribution in [0.2, 0.25) is 0 Å². The van der Waals surface area contributed by atoms with Gasteiger partial charge in [0.1, 0.15) is 23.2 Å². The summed E-state index contributed by atoms with van der Waals surface area (Å²) >= 11 is 2.51. The quantitative estimate of drug-likeness (QED) is 0.109. The van der Waals surface area contributed by atoms with Gasteiger partial charge >= 0.3 is 23.8 Å². The Morgan fingerprint density at radius 3 is 2.52 bits per heavy atom. The average Bonchev–Trinajstić information content (AvgIpc) is 3.42. The number of nitrogens with one attached hydrogen (secondary N) is 2. The Labute approximate surface area is 258 Å². The molecule has 5 rings (SSSR count). The van der Waals surface area contributed by atoms with E-state index >= 15 is 0 Å². The maximum atomic E-state index is 13.6. The van der Waals surface area contributed by atoms with Gasteiger partial charge in [0.25, 0.3) is 5.91 Å². The molecule has 2 aromatic rings. The van der Waals surface area contributed by atoms with E-state index in [0.717, 1.165) is 9.80 Å². The first-order valence-electron chi connectivity index (χ1n) is 13.3. The number of tetrazole rings is 1.